The topological polar surface area (TPSA) is 124 Å². The van der Waals surface area contributed by atoms with Crippen LogP contribution in [0.25, 0.3) is 0 Å². The van der Waals surface area contributed by atoms with Crippen LogP contribution in [0, 0.1) is 0 Å². The number of rotatable bonds is 6. The van der Waals surface area contributed by atoms with Crippen LogP contribution in [0.5, 0.6) is 0 Å². The van der Waals surface area contributed by atoms with Gasteiger partial charge in [0.2, 0.25) is 5.91 Å². The quantitative estimate of drug-likeness (QED) is 0.510. The highest BCUT2D eigenvalue weighted by molar-refractivity contribution is 7.99. The maximum Gasteiger partial charge on any atom is 0.217 e. The monoisotopic (exact) mass is 319 g/mol. The summed E-state index contributed by atoms with van der Waals surface area (Å²) in [6.45, 7) is 2.85. The van der Waals surface area contributed by atoms with Crippen molar-refractivity contribution in [2.24, 2.45) is 10.2 Å². The predicted octanol–water partition coefficient (Wildman–Crippen LogP) is -0.765. The van der Waals surface area contributed by atoms with E-state index >= 15 is 0 Å². The molecule has 1 saturated heterocycles. The molecular weight excluding hydrogens is 298 g/mol. The minimum atomic E-state index is -1.24. The molecule has 5 atom stereocenters. The van der Waals surface area contributed by atoms with Gasteiger partial charge in [-0.05, 0) is 6.92 Å². The van der Waals surface area contributed by atoms with Gasteiger partial charge in [-0.2, -0.15) is 10.2 Å². The average Bonchev–Trinajstić information content (AvgIpc) is 3.15. The molecule has 4 N–H and O–H groups in total. The molecule has 0 bridgehead atoms. The zero-order chi connectivity index (χ0) is 15.6. The van der Waals surface area contributed by atoms with Gasteiger partial charge in [0.05, 0.1) is 12.6 Å². The Morgan fingerprint density at radius 1 is 1.38 bits per heavy atom. The number of hydrogen-bond donors (Lipinski definition) is 4. The molecule has 0 saturated carbocycles. The van der Waals surface area contributed by atoms with E-state index in [1.165, 1.54) is 18.7 Å². The largest absolute Gasteiger partial charge is 0.394 e. The summed E-state index contributed by atoms with van der Waals surface area (Å²) in [5.41, 5.74) is -0.869. The highest BCUT2D eigenvalue weighted by atomic mass is 32.2. The molecule has 0 aromatic carbocycles. The molecule has 0 aliphatic carbocycles. The summed E-state index contributed by atoms with van der Waals surface area (Å²) in [6, 6.07) is -0.730. The van der Waals surface area contributed by atoms with Crippen molar-refractivity contribution in [2.75, 3.05) is 12.4 Å². The van der Waals surface area contributed by atoms with Crippen LogP contribution in [0.3, 0.4) is 0 Å². The van der Waals surface area contributed by atoms with Crippen LogP contribution in [0.1, 0.15) is 20.3 Å². The summed E-state index contributed by atoms with van der Waals surface area (Å²) in [5.74, 6) is 0.354. The van der Waals surface area contributed by atoms with Gasteiger partial charge in [-0.3, -0.25) is 4.79 Å². The molecule has 2 aliphatic rings. The van der Waals surface area contributed by atoms with Gasteiger partial charge in [0, 0.05) is 19.1 Å². The third-order valence-corrected chi connectivity index (χ3v) is 4.72. The molecule has 2 heterocycles. The van der Waals surface area contributed by atoms with Crippen molar-refractivity contribution < 1.29 is 24.9 Å². The second-order valence-corrected chi connectivity index (χ2v) is 6.68. The van der Waals surface area contributed by atoms with E-state index < -0.39 is 36.4 Å². The summed E-state index contributed by atoms with van der Waals surface area (Å²) in [7, 11) is 0. The molecule has 1 amide bonds. The predicted molar refractivity (Wildman–Crippen MR) is 75.7 cm³/mol. The average molecular weight is 319 g/mol. The second kappa shape index (κ2) is 6.57. The summed E-state index contributed by atoms with van der Waals surface area (Å²) in [6.07, 6.45) is -2.57. The minimum Gasteiger partial charge on any atom is -0.394 e. The van der Waals surface area contributed by atoms with Crippen molar-refractivity contribution in [3.63, 3.8) is 0 Å². The number of thioether (sulfide) groups is 1. The lowest BCUT2D eigenvalue weighted by Gasteiger charge is -2.42. The number of hydrogen-bond acceptors (Lipinski definition) is 8. The first-order chi connectivity index (χ1) is 9.86. The van der Waals surface area contributed by atoms with Gasteiger partial charge in [0.1, 0.15) is 23.7 Å². The van der Waals surface area contributed by atoms with Gasteiger partial charge >= 0.3 is 0 Å². The first-order valence-electron chi connectivity index (χ1n) is 6.81. The van der Waals surface area contributed by atoms with Crippen LogP contribution in [0.2, 0.25) is 0 Å². The van der Waals surface area contributed by atoms with Crippen LogP contribution in [-0.2, 0) is 9.53 Å². The Balaban J connectivity index is 1.96. The molecule has 8 nitrogen and oxygen atoms in total. The third kappa shape index (κ3) is 4.13. The zero-order valence-electron chi connectivity index (χ0n) is 12.0. The standard InChI is InChI=1S/C12H21N3O5S/c1-6(17)13-8-10(19)9(18)7(5-16)20-11(8)21-4-3-12(2)14-15-12/h7-11,16,18-19H,3-5H2,1-2H3,(H,13,17)/t7-,8-,9-,10-,11+/m1/s1. The van der Waals surface area contributed by atoms with Crippen LogP contribution in [0.4, 0.5) is 0 Å². The van der Waals surface area contributed by atoms with Crippen molar-refractivity contribution in [1.82, 2.24) is 5.32 Å². The van der Waals surface area contributed by atoms with Gasteiger partial charge in [-0.1, -0.05) is 0 Å². The molecule has 9 heteroatoms. The number of aliphatic hydroxyl groups excluding tert-OH is 3. The molecule has 0 unspecified atom stereocenters. The Morgan fingerprint density at radius 2 is 2.05 bits per heavy atom. The highest BCUT2D eigenvalue weighted by Gasteiger charge is 2.45. The Labute approximate surface area is 127 Å². The lowest BCUT2D eigenvalue weighted by atomic mass is 9.98. The van der Waals surface area contributed by atoms with E-state index in [0.29, 0.717) is 5.75 Å². The molecule has 0 spiro atoms. The Bertz CT molecular complexity index is 416. The lowest BCUT2D eigenvalue weighted by molar-refractivity contribution is -0.173. The highest BCUT2D eigenvalue weighted by Crippen LogP contribution is 2.35. The first-order valence-corrected chi connectivity index (χ1v) is 7.86. The van der Waals surface area contributed by atoms with Crippen molar-refractivity contribution in [3.8, 4) is 0 Å². The van der Waals surface area contributed by atoms with Crippen LogP contribution >= 0.6 is 11.8 Å². The Kier molecular flexibility index (Phi) is 5.20. The van der Waals surface area contributed by atoms with E-state index in [4.69, 9.17) is 4.74 Å². The fourth-order valence-corrected chi connectivity index (χ4v) is 3.56. The molecule has 0 radical (unpaired) electrons. The molecular formula is C12H21N3O5S. The van der Waals surface area contributed by atoms with Crippen LogP contribution in [0.15, 0.2) is 10.2 Å². The van der Waals surface area contributed by atoms with Gasteiger partial charge in [-0.25, -0.2) is 0 Å². The number of carbonyl (C=O) groups is 1. The van der Waals surface area contributed by atoms with Crippen molar-refractivity contribution in [1.29, 1.82) is 0 Å². The summed E-state index contributed by atoms with van der Waals surface area (Å²) >= 11 is 1.40. The zero-order valence-corrected chi connectivity index (χ0v) is 12.8. The maximum absolute atomic E-state index is 11.3. The summed E-state index contributed by atoms with van der Waals surface area (Å²) in [4.78, 5) is 11.3. The summed E-state index contributed by atoms with van der Waals surface area (Å²) in [5, 5.41) is 39.6. The molecule has 21 heavy (non-hydrogen) atoms. The van der Waals surface area contributed by atoms with Gasteiger partial charge < -0.3 is 25.4 Å². The van der Waals surface area contributed by atoms with E-state index in [0.717, 1.165) is 6.42 Å². The van der Waals surface area contributed by atoms with Crippen LogP contribution < -0.4 is 5.32 Å². The molecule has 2 rings (SSSR count). The van der Waals surface area contributed by atoms with Crippen molar-refractivity contribution >= 4 is 17.7 Å². The molecule has 0 aromatic rings. The van der Waals surface area contributed by atoms with E-state index in [2.05, 4.69) is 15.5 Å². The SMILES string of the molecule is CC(=O)N[C@@H]1[C@@H](O)[C@H](O)[C@@H](CO)O[C@H]1SCCC1(C)N=N1. The molecule has 1 fully saturated rings. The summed E-state index contributed by atoms with van der Waals surface area (Å²) < 4.78 is 5.59. The third-order valence-electron chi connectivity index (χ3n) is 3.55. The molecule has 120 valence electrons. The van der Waals surface area contributed by atoms with E-state index in [1.807, 2.05) is 6.92 Å². The van der Waals surface area contributed by atoms with E-state index in [9.17, 15) is 20.1 Å². The maximum atomic E-state index is 11.3. The van der Waals surface area contributed by atoms with Gasteiger partial charge in [0.15, 0.2) is 5.66 Å². The Hall–Kier alpha value is -0.740. The number of ether oxygens (including phenoxy) is 1. The van der Waals surface area contributed by atoms with Gasteiger partial charge in [-0.15, -0.1) is 11.8 Å². The van der Waals surface area contributed by atoms with E-state index in [-0.39, 0.29) is 11.6 Å². The smallest absolute Gasteiger partial charge is 0.217 e. The number of carbonyl (C=O) groups excluding carboxylic acids is 1. The van der Waals surface area contributed by atoms with Crippen molar-refractivity contribution in [3.05, 3.63) is 0 Å². The fraction of sp³-hybridized carbons (Fsp3) is 0.917. The molecule has 0 aromatic heterocycles. The number of nitrogens with zero attached hydrogens (tertiary/aromatic N) is 2. The Morgan fingerprint density at radius 3 is 2.57 bits per heavy atom. The van der Waals surface area contributed by atoms with Gasteiger partial charge in [0.25, 0.3) is 0 Å². The minimum absolute atomic E-state index is 0.318. The second-order valence-electron chi connectivity index (χ2n) is 5.47. The van der Waals surface area contributed by atoms with Crippen LogP contribution in [-0.4, -0.2) is 69.0 Å². The van der Waals surface area contributed by atoms with E-state index in [1.54, 1.807) is 0 Å². The number of nitrogens with one attached hydrogen (secondary N) is 1. The normalized spacial score (nSPS) is 37.3. The first kappa shape index (κ1) is 16.6. The lowest BCUT2D eigenvalue weighted by Crippen LogP contribution is -2.63. The van der Waals surface area contributed by atoms with Crippen molar-refractivity contribution in [2.45, 2.75) is 55.7 Å². The molecule has 2 aliphatic heterocycles. The fourth-order valence-electron chi connectivity index (χ4n) is 2.17. The number of aliphatic hydroxyl groups is 3. The number of amides is 1.